The number of hydrogen-bond donors (Lipinski definition) is 1. The quantitative estimate of drug-likeness (QED) is 0.849. The maximum Gasteiger partial charge on any atom is 0.126 e. The normalized spacial score (nSPS) is 12.8. The minimum atomic E-state index is -0.348. The Bertz CT molecular complexity index is 536. The lowest BCUT2D eigenvalue weighted by Gasteiger charge is -2.10. The molecule has 0 aliphatic heterocycles. The van der Waals surface area contributed by atoms with Gasteiger partial charge in [-0.1, -0.05) is 23.7 Å². The van der Waals surface area contributed by atoms with Crippen LogP contribution in [0, 0.1) is 12.7 Å². The topological polar surface area (TPSA) is 26.0 Å². The highest BCUT2D eigenvalue weighted by Gasteiger charge is 2.15. The summed E-state index contributed by atoms with van der Waals surface area (Å²) in [7, 11) is 0. The minimum absolute atomic E-state index is 0.236. The molecule has 0 amide bonds. The zero-order valence-electron chi connectivity index (χ0n) is 9.01. The van der Waals surface area contributed by atoms with Crippen LogP contribution in [0.5, 0.6) is 0 Å². The summed E-state index contributed by atoms with van der Waals surface area (Å²) in [6, 6.07) is 6.56. The highest BCUT2D eigenvalue weighted by atomic mass is 79.9. The van der Waals surface area contributed by atoms with Crippen LogP contribution in [0.15, 0.2) is 28.7 Å². The second-order valence-electron chi connectivity index (χ2n) is 3.76. The van der Waals surface area contributed by atoms with Crippen LogP contribution in [0.3, 0.4) is 0 Å². The Labute approximate surface area is 117 Å². The van der Waals surface area contributed by atoms with E-state index < -0.39 is 0 Å². The van der Waals surface area contributed by atoms with Gasteiger partial charge in [0.2, 0.25) is 0 Å². The first-order valence-electron chi connectivity index (χ1n) is 4.95. The highest BCUT2D eigenvalue weighted by molar-refractivity contribution is 9.10. The fraction of sp³-hybridized carbons (Fsp3) is 0.167. The molecule has 1 aromatic carbocycles. The van der Waals surface area contributed by atoms with Crippen molar-refractivity contribution in [2.75, 3.05) is 0 Å². The fourth-order valence-electron chi connectivity index (χ4n) is 1.48. The SMILES string of the molecule is Cc1ccc(C(N)c2cc(Br)c(Cl)s2)cc1F. The molecule has 0 aliphatic carbocycles. The Hall–Kier alpha value is -0.420. The van der Waals surface area contributed by atoms with Crippen molar-refractivity contribution in [2.24, 2.45) is 5.73 Å². The first-order chi connectivity index (χ1) is 7.99. The van der Waals surface area contributed by atoms with Gasteiger partial charge in [-0.3, -0.25) is 0 Å². The lowest BCUT2D eigenvalue weighted by molar-refractivity contribution is 0.614. The molecule has 0 aliphatic rings. The van der Waals surface area contributed by atoms with Crippen molar-refractivity contribution in [2.45, 2.75) is 13.0 Å². The molecule has 1 heterocycles. The van der Waals surface area contributed by atoms with Crippen molar-refractivity contribution in [3.8, 4) is 0 Å². The van der Waals surface area contributed by atoms with Gasteiger partial charge in [-0.25, -0.2) is 4.39 Å². The number of benzene rings is 1. The zero-order chi connectivity index (χ0) is 12.6. The van der Waals surface area contributed by atoms with Crippen molar-refractivity contribution >= 4 is 38.9 Å². The third-order valence-corrected chi connectivity index (χ3v) is 5.08. The highest BCUT2D eigenvalue weighted by Crippen LogP contribution is 2.36. The average molecular weight is 335 g/mol. The minimum Gasteiger partial charge on any atom is -0.320 e. The van der Waals surface area contributed by atoms with Crippen LogP contribution in [0.25, 0.3) is 0 Å². The van der Waals surface area contributed by atoms with E-state index in [1.807, 2.05) is 12.1 Å². The third-order valence-electron chi connectivity index (χ3n) is 2.53. The molecule has 90 valence electrons. The van der Waals surface area contributed by atoms with Crippen molar-refractivity contribution in [1.29, 1.82) is 0 Å². The van der Waals surface area contributed by atoms with Crippen LogP contribution in [0.2, 0.25) is 4.34 Å². The van der Waals surface area contributed by atoms with Gasteiger partial charge in [0, 0.05) is 9.35 Å². The van der Waals surface area contributed by atoms with E-state index in [-0.39, 0.29) is 11.9 Å². The number of aryl methyl sites for hydroxylation is 1. The van der Waals surface area contributed by atoms with Gasteiger partial charge in [-0.05, 0) is 46.1 Å². The van der Waals surface area contributed by atoms with E-state index in [1.165, 1.54) is 17.4 Å². The molecule has 1 aromatic heterocycles. The summed E-state index contributed by atoms with van der Waals surface area (Å²) in [5, 5.41) is 0. The van der Waals surface area contributed by atoms with Gasteiger partial charge in [-0.15, -0.1) is 11.3 Å². The van der Waals surface area contributed by atoms with Crippen LogP contribution < -0.4 is 5.73 Å². The summed E-state index contributed by atoms with van der Waals surface area (Å²) in [6.45, 7) is 1.73. The Balaban J connectivity index is 2.36. The van der Waals surface area contributed by atoms with Gasteiger partial charge in [0.25, 0.3) is 0 Å². The van der Waals surface area contributed by atoms with E-state index in [1.54, 1.807) is 13.0 Å². The first kappa shape index (κ1) is 13.0. The Morgan fingerprint density at radius 2 is 2.12 bits per heavy atom. The zero-order valence-corrected chi connectivity index (χ0v) is 12.2. The maximum absolute atomic E-state index is 13.5. The predicted octanol–water partition coefficient (Wildman–Crippen LogP) is 4.66. The van der Waals surface area contributed by atoms with Crippen LogP contribution in [-0.4, -0.2) is 0 Å². The summed E-state index contributed by atoms with van der Waals surface area (Å²) in [4.78, 5) is 0.908. The molecular weight excluding hydrogens is 325 g/mol. The fourth-order valence-corrected chi connectivity index (χ4v) is 3.25. The molecule has 2 rings (SSSR count). The van der Waals surface area contributed by atoms with Crippen LogP contribution in [0.1, 0.15) is 22.0 Å². The van der Waals surface area contributed by atoms with Gasteiger partial charge < -0.3 is 5.73 Å². The maximum atomic E-state index is 13.5. The number of thiophene rings is 1. The Morgan fingerprint density at radius 1 is 1.41 bits per heavy atom. The summed E-state index contributed by atoms with van der Waals surface area (Å²) in [5.74, 6) is -0.236. The molecule has 1 unspecified atom stereocenters. The predicted molar refractivity (Wildman–Crippen MR) is 74.2 cm³/mol. The van der Waals surface area contributed by atoms with E-state index in [4.69, 9.17) is 17.3 Å². The molecule has 5 heteroatoms. The van der Waals surface area contributed by atoms with Crippen molar-refractivity contribution in [3.05, 3.63) is 54.9 Å². The van der Waals surface area contributed by atoms with Gasteiger partial charge in [-0.2, -0.15) is 0 Å². The summed E-state index contributed by atoms with van der Waals surface area (Å²) < 4.78 is 14.9. The molecule has 0 spiro atoms. The van der Waals surface area contributed by atoms with Gasteiger partial charge in [0.05, 0.1) is 6.04 Å². The van der Waals surface area contributed by atoms with Gasteiger partial charge in [0.15, 0.2) is 0 Å². The molecule has 2 N–H and O–H groups in total. The lowest BCUT2D eigenvalue weighted by atomic mass is 10.0. The molecule has 2 aromatic rings. The van der Waals surface area contributed by atoms with Crippen LogP contribution in [0.4, 0.5) is 4.39 Å². The molecule has 0 bridgehead atoms. The molecule has 0 fully saturated rings. The third kappa shape index (κ3) is 2.71. The van der Waals surface area contributed by atoms with E-state index in [9.17, 15) is 4.39 Å². The number of hydrogen-bond acceptors (Lipinski definition) is 2. The molecule has 1 nitrogen and oxygen atoms in total. The monoisotopic (exact) mass is 333 g/mol. The molecular formula is C12H10BrClFNS. The van der Waals surface area contributed by atoms with Gasteiger partial charge in [0.1, 0.15) is 10.2 Å². The van der Waals surface area contributed by atoms with Crippen molar-refractivity contribution in [3.63, 3.8) is 0 Å². The van der Waals surface area contributed by atoms with E-state index in [0.29, 0.717) is 9.90 Å². The van der Waals surface area contributed by atoms with Gasteiger partial charge >= 0.3 is 0 Å². The molecule has 0 saturated heterocycles. The molecule has 0 radical (unpaired) electrons. The first-order valence-corrected chi connectivity index (χ1v) is 6.94. The van der Waals surface area contributed by atoms with E-state index >= 15 is 0 Å². The average Bonchev–Trinajstić information content (AvgIpc) is 2.62. The second-order valence-corrected chi connectivity index (χ2v) is 6.30. The summed E-state index contributed by atoms with van der Waals surface area (Å²) >= 11 is 10.7. The summed E-state index contributed by atoms with van der Waals surface area (Å²) in [5.41, 5.74) is 7.45. The Morgan fingerprint density at radius 3 is 2.65 bits per heavy atom. The molecule has 17 heavy (non-hydrogen) atoms. The number of nitrogens with two attached hydrogens (primary N) is 1. The number of halogens is 3. The largest absolute Gasteiger partial charge is 0.320 e. The molecule has 1 atom stereocenters. The molecule has 0 saturated carbocycles. The lowest BCUT2D eigenvalue weighted by Crippen LogP contribution is -2.10. The summed E-state index contributed by atoms with van der Waals surface area (Å²) in [6.07, 6.45) is 0. The van der Waals surface area contributed by atoms with E-state index in [2.05, 4.69) is 15.9 Å². The smallest absolute Gasteiger partial charge is 0.126 e. The standard InChI is InChI=1S/C12H10BrClFNS/c1-6-2-3-7(4-9(6)15)11(16)10-5-8(13)12(14)17-10/h2-5,11H,16H2,1H3. The van der Waals surface area contributed by atoms with E-state index in [0.717, 1.165) is 14.9 Å². The van der Waals surface area contributed by atoms with Crippen molar-refractivity contribution < 1.29 is 4.39 Å². The Kier molecular flexibility index (Phi) is 3.88. The van der Waals surface area contributed by atoms with Crippen molar-refractivity contribution in [1.82, 2.24) is 0 Å². The second kappa shape index (κ2) is 5.06. The van der Waals surface area contributed by atoms with Crippen LogP contribution >= 0.6 is 38.9 Å². The van der Waals surface area contributed by atoms with Crippen LogP contribution in [-0.2, 0) is 0 Å². The number of rotatable bonds is 2.